The van der Waals surface area contributed by atoms with E-state index in [1.54, 1.807) is 18.2 Å². The molecule has 2 aromatic rings. The van der Waals surface area contributed by atoms with Gasteiger partial charge in [0, 0.05) is 11.1 Å². The second-order valence-corrected chi connectivity index (χ2v) is 4.81. The maximum Gasteiger partial charge on any atom is 0.271 e. The summed E-state index contributed by atoms with van der Waals surface area (Å²) in [5.74, 6) is 0.0996. The summed E-state index contributed by atoms with van der Waals surface area (Å²) in [4.78, 5) is 12.0. The van der Waals surface area contributed by atoms with Gasteiger partial charge in [-0.1, -0.05) is 17.7 Å². The molecule has 0 atom stereocenters. The molecule has 3 rings (SSSR count). The van der Waals surface area contributed by atoms with Crippen molar-refractivity contribution in [3.05, 3.63) is 58.4 Å². The van der Waals surface area contributed by atoms with Gasteiger partial charge in [-0.15, -0.1) is 0 Å². The fraction of sp³-hybridized carbons (Fsp3) is 0.0667. The molecular formula is C15H10ClFN2O3. The quantitative estimate of drug-likeness (QED) is 0.698. The van der Waals surface area contributed by atoms with E-state index in [0.717, 1.165) is 6.21 Å². The Hall–Kier alpha value is -2.60. The summed E-state index contributed by atoms with van der Waals surface area (Å²) >= 11 is 5.85. The molecule has 0 bridgehead atoms. The molecule has 112 valence electrons. The van der Waals surface area contributed by atoms with Crippen LogP contribution in [0.4, 0.5) is 4.39 Å². The topological polar surface area (TPSA) is 59.9 Å². The van der Waals surface area contributed by atoms with Crippen molar-refractivity contribution in [1.82, 2.24) is 5.43 Å². The Balaban J connectivity index is 1.71. The van der Waals surface area contributed by atoms with Crippen molar-refractivity contribution < 1.29 is 18.7 Å². The minimum absolute atomic E-state index is 0.107. The van der Waals surface area contributed by atoms with E-state index in [9.17, 15) is 9.18 Å². The van der Waals surface area contributed by atoms with Crippen molar-refractivity contribution in [3.63, 3.8) is 0 Å². The summed E-state index contributed by atoms with van der Waals surface area (Å²) in [6.07, 6.45) is 1.16. The minimum Gasteiger partial charge on any atom is -0.454 e. The molecule has 1 aliphatic heterocycles. The molecule has 1 amide bonds. The van der Waals surface area contributed by atoms with Crippen molar-refractivity contribution in [3.8, 4) is 11.5 Å². The average Bonchev–Trinajstić information content (AvgIpc) is 2.97. The lowest BCUT2D eigenvalue weighted by Crippen LogP contribution is -2.17. The molecule has 0 saturated carbocycles. The number of halogens is 2. The third kappa shape index (κ3) is 2.87. The second kappa shape index (κ2) is 6.03. The van der Waals surface area contributed by atoms with Crippen LogP contribution in [-0.2, 0) is 0 Å². The number of benzene rings is 2. The molecule has 1 heterocycles. The molecule has 0 aliphatic carbocycles. The summed E-state index contributed by atoms with van der Waals surface area (Å²) in [5.41, 5.74) is 2.76. The zero-order valence-electron chi connectivity index (χ0n) is 11.2. The smallest absolute Gasteiger partial charge is 0.271 e. The highest BCUT2D eigenvalue weighted by Crippen LogP contribution is 2.32. The van der Waals surface area contributed by atoms with Crippen molar-refractivity contribution in [1.29, 1.82) is 0 Å². The van der Waals surface area contributed by atoms with Crippen LogP contribution >= 0.6 is 11.6 Å². The maximum absolute atomic E-state index is 13.5. The number of carbonyl (C=O) groups is 1. The Morgan fingerprint density at radius 1 is 1.27 bits per heavy atom. The fourth-order valence-electron chi connectivity index (χ4n) is 1.89. The van der Waals surface area contributed by atoms with Crippen LogP contribution in [0.3, 0.4) is 0 Å². The first-order valence-electron chi connectivity index (χ1n) is 6.32. The molecule has 0 saturated heterocycles. The van der Waals surface area contributed by atoms with Gasteiger partial charge >= 0.3 is 0 Å². The fourth-order valence-corrected chi connectivity index (χ4v) is 2.10. The van der Waals surface area contributed by atoms with Crippen LogP contribution in [0.2, 0.25) is 5.02 Å². The SMILES string of the molecule is O=C(N/N=C/c1c(F)cccc1Cl)c1ccc2c(c1)OCO2. The van der Waals surface area contributed by atoms with Gasteiger partial charge in [-0.05, 0) is 30.3 Å². The molecule has 22 heavy (non-hydrogen) atoms. The highest BCUT2D eigenvalue weighted by molar-refractivity contribution is 6.33. The largest absolute Gasteiger partial charge is 0.454 e. The highest BCUT2D eigenvalue weighted by Gasteiger charge is 2.15. The first-order chi connectivity index (χ1) is 10.6. The number of amides is 1. The number of hydrogen-bond donors (Lipinski definition) is 1. The number of nitrogens with one attached hydrogen (secondary N) is 1. The van der Waals surface area contributed by atoms with Crippen LogP contribution in [0.1, 0.15) is 15.9 Å². The van der Waals surface area contributed by atoms with Crippen molar-refractivity contribution in [2.24, 2.45) is 5.10 Å². The van der Waals surface area contributed by atoms with E-state index in [4.69, 9.17) is 21.1 Å². The Morgan fingerprint density at radius 3 is 2.91 bits per heavy atom. The molecular weight excluding hydrogens is 311 g/mol. The van der Waals surface area contributed by atoms with Gasteiger partial charge in [0.05, 0.1) is 11.2 Å². The van der Waals surface area contributed by atoms with Gasteiger partial charge in [0.15, 0.2) is 11.5 Å². The predicted molar refractivity (Wildman–Crippen MR) is 79.0 cm³/mol. The standard InChI is InChI=1S/C15H10ClFN2O3/c16-11-2-1-3-12(17)10(11)7-18-19-15(20)9-4-5-13-14(6-9)22-8-21-13/h1-7H,8H2,(H,19,20)/b18-7+. The average molecular weight is 321 g/mol. The van der Waals surface area contributed by atoms with Crippen molar-refractivity contribution in [2.75, 3.05) is 6.79 Å². The minimum atomic E-state index is -0.520. The lowest BCUT2D eigenvalue weighted by atomic mass is 10.2. The van der Waals surface area contributed by atoms with E-state index in [0.29, 0.717) is 17.1 Å². The first-order valence-corrected chi connectivity index (χ1v) is 6.70. The Kier molecular flexibility index (Phi) is 3.93. The van der Waals surface area contributed by atoms with Gasteiger partial charge < -0.3 is 9.47 Å². The summed E-state index contributed by atoms with van der Waals surface area (Å²) < 4.78 is 23.9. The third-order valence-electron chi connectivity index (χ3n) is 2.99. The third-order valence-corrected chi connectivity index (χ3v) is 3.32. The second-order valence-electron chi connectivity index (χ2n) is 4.40. The van der Waals surface area contributed by atoms with Gasteiger partial charge in [-0.3, -0.25) is 4.79 Å². The Morgan fingerprint density at radius 2 is 2.09 bits per heavy atom. The number of fused-ring (bicyclic) bond motifs is 1. The molecule has 2 aromatic carbocycles. The van der Waals surface area contributed by atoms with Crippen LogP contribution < -0.4 is 14.9 Å². The summed E-state index contributed by atoms with van der Waals surface area (Å²) in [5, 5.41) is 3.92. The number of hydrazone groups is 1. The molecule has 0 aromatic heterocycles. The monoisotopic (exact) mass is 320 g/mol. The van der Waals surface area contributed by atoms with Gasteiger partial charge in [-0.25, -0.2) is 9.82 Å². The summed E-state index contributed by atoms with van der Waals surface area (Å²) in [7, 11) is 0. The van der Waals surface area contributed by atoms with Gasteiger partial charge in [0.1, 0.15) is 5.82 Å². The van der Waals surface area contributed by atoms with E-state index in [1.807, 2.05) is 0 Å². The lowest BCUT2D eigenvalue weighted by Gasteiger charge is -2.02. The Bertz CT molecular complexity index is 744. The van der Waals surface area contributed by atoms with Crippen molar-refractivity contribution >= 4 is 23.7 Å². The first kappa shape index (κ1) is 14.3. The summed E-state index contributed by atoms with van der Waals surface area (Å²) in [6.45, 7) is 0.129. The van der Waals surface area contributed by atoms with Crippen LogP contribution in [0.25, 0.3) is 0 Å². The van der Waals surface area contributed by atoms with E-state index in [-0.39, 0.29) is 17.4 Å². The van der Waals surface area contributed by atoms with E-state index in [2.05, 4.69) is 10.5 Å². The highest BCUT2D eigenvalue weighted by atomic mass is 35.5. The molecule has 7 heteroatoms. The van der Waals surface area contributed by atoms with Crippen LogP contribution in [-0.4, -0.2) is 18.9 Å². The van der Waals surface area contributed by atoms with Crippen molar-refractivity contribution in [2.45, 2.75) is 0 Å². The molecule has 0 fully saturated rings. The van der Waals surface area contributed by atoms with E-state index < -0.39 is 11.7 Å². The number of hydrogen-bond acceptors (Lipinski definition) is 4. The molecule has 1 aliphatic rings. The van der Waals surface area contributed by atoms with E-state index in [1.165, 1.54) is 18.2 Å². The number of rotatable bonds is 3. The molecule has 0 spiro atoms. The van der Waals surface area contributed by atoms with Crippen LogP contribution in [0.5, 0.6) is 11.5 Å². The Labute approximate surface area is 130 Å². The zero-order valence-corrected chi connectivity index (χ0v) is 11.9. The maximum atomic E-state index is 13.5. The number of carbonyl (C=O) groups excluding carboxylic acids is 1. The molecule has 1 N–H and O–H groups in total. The predicted octanol–water partition coefficient (Wildman–Crippen LogP) is 2.97. The number of ether oxygens (including phenoxy) is 2. The normalized spacial score (nSPS) is 12.6. The van der Waals surface area contributed by atoms with Gasteiger partial charge in [0.25, 0.3) is 5.91 Å². The molecule has 5 nitrogen and oxygen atoms in total. The van der Waals surface area contributed by atoms with E-state index >= 15 is 0 Å². The zero-order chi connectivity index (χ0) is 15.5. The number of nitrogens with zero attached hydrogens (tertiary/aromatic N) is 1. The van der Waals surface area contributed by atoms with Gasteiger partial charge in [0.2, 0.25) is 6.79 Å². The van der Waals surface area contributed by atoms with Crippen LogP contribution in [0, 0.1) is 5.82 Å². The van der Waals surface area contributed by atoms with Crippen LogP contribution in [0.15, 0.2) is 41.5 Å². The summed E-state index contributed by atoms with van der Waals surface area (Å²) in [6, 6.07) is 9.03. The molecule has 0 radical (unpaired) electrons. The lowest BCUT2D eigenvalue weighted by molar-refractivity contribution is 0.0954. The molecule has 0 unspecified atom stereocenters. The van der Waals surface area contributed by atoms with Gasteiger partial charge in [-0.2, -0.15) is 5.10 Å².